The Bertz CT molecular complexity index is 1370. The summed E-state index contributed by atoms with van der Waals surface area (Å²) in [5, 5.41) is 0. The Morgan fingerprint density at radius 3 is 1.33 bits per heavy atom. The predicted molar refractivity (Wildman–Crippen MR) is 172 cm³/mol. The number of carbonyl (C=O) groups excluding carboxylic acids is 2. The smallest absolute Gasteiger partial charge is 0.260 e. The van der Waals surface area contributed by atoms with Gasteiger partial charge < -0.3 is 19.3 Å². The van der Waals surface area contributed by atoms with E-state index < -0.39 is 0 Å². The number of aryl methyl sites for hydroxylation is 2. The topological polar surface area (TPSA) is 59.1 Å². The highest BCUT2D eigenvalue weighted by atomic mass is 79.9. The Balaban J connectivity index is 1.47. The van der Waals surface area contributed by atoms with E-state index in [1.54, 1.807) is 9.80 Å². The molecule has 0 unspecified atom stereocenters. The SMILES string of the molecule is Cc1cc(Br)ccc1OCC(=O)N(CCN(Cc1ccccc1)C(=O)COc1ccc(Br)cc1C)Cc1ccccc1. The molecule has 0 aliphatic rings. The third-order valence-corrected chi connectivity index (χ3v) is 7.74. The van der Waals surface area contributed by atoms with E-state index in [4.69, 9.17) is 9.47 Å². The van der Waals surface area contributed by atoms with Crippen molar-refractivity contribution in [3.05, 3.63) is 128 Å². The maximum absolute atomic E-state index is 13.5. The van der Waals surface area contributed by atoms with Crippen molar-refractivity contribution in [1.29, 1.82) is 0 Å². The minimum atomic E-state index is -0.157. The van der Waals surface area contributed by atoms with Gasteiger partial charge in [0.2, 0.25) is 0 Å². The second-order valence-electron chi connectivity index (χ2n) is 10.00. The van der Waals surface area contributed by atoms with Crippen LogP contribution in [0.4, 0.5) is 0 Å². The molecule has 8 heteroatoms. The van der Waals surface area contributed by atoms with Gasteiger partial charge in [0.25, 0.3) is 11.8 Å². The molecule has 0 saturated carbocycles. The van der Waals surface area contributed by atoms with E-state index in [0.29, 0.717) is 37.7 Å². The Labute approximate surface area is 264 Å². The number of ether oxygens (including phenoxy) is 2. The number of hydrogen-bond donors (Lipinski definition) is 0. The summed E-state index contributed by atoms with van der Waals surface area (Å²) in [5.41, 5.74) is 3.88. The number of halogens is 2. The normalized spacial score (nSPS) is 10.7. The zero-order valence-electron chi connectivity index (χ0n) is 23.8. The molecule has 4 rings (SSSR count). The monoisotopic (exact) mass is 692 g/mol. The molecule has 4 aromatic carbocycles. The number of rotatable bonds is 13. The van der Waals surface area contributed by atoms with E-state index in [-0.39, 0.29) is 25.0 Å². The van der Waals surface area contributed by atoms with E-state index >= 15 is 0 Å². The van der Waals surface area contributed by atoms with Crippen molar-refractivity contribution >= 4 is 43.7 Å². The maximum Gasteiger partial charge on any atom is 0.260 e. The summed E-state index contributed by atoms with van der Waals surface area (Å²) in [5.74, 6) is 1.00. The van der Waals surface area contributed by atoms with Gasteiger partial charge in [0.1, 0.15) is 11.5 Å². The lowest BCUT2D eigenvalue weighted by Gasteiger charge is -2.28. The van der Waals surface area contributed by atoms with Crippen LogP contribution in [-0.4, -0.2) is 47.9 Å². The Morgan fingerprint density at radius 1 is 0.595 bits per heavy atom. The molecular formula is C34H34Br2N2O4. The van der Waals surface area contributed by atoms with Crippen molar-refractivity contribution in [2.24, 2.45) is 0 Å². The van der Waals surface area contributed by atoms with Crippen molar-refractivity contribution in [1.82, 2.24) is 9.80 Å². The van der Waals surface area contributed by atoms with Gasteiger partial charge in [-0.1, -0.05) is 92.5 Å². The van der Waals surface area contributed by atoms with Crippen molar-refractivity contribution in [3.63, 3.8) is 0 Å². The van der Waals surface area contributed by atoms with Crippen LogP contribution in [-0.2, 0) is 22.7 Å². The summed E-state index contributed by atoms with van der Waals surface area (Å²) in [6.07, 6.45) is 0. The summed E-state index contributed by atoms with van der Waals surface area (Å²) in [4.78, 5) is 30.4. The Morgan fingerprint density at radius 2 is 0.976 bits per heavy atom. The highest BCUT2D eigenvalue weighted by Crippen LogP contribution is 2.23. The van der Waals surface area contributed by atoms with E-state index in [1.807, 2.05) is 111 Å². The van der Waals surface area contributed by atoms with E-state index in [1.165, 1.54) is 0 Å². The summed E-state index contributed by atoms with van der Waals surface area (Å²) in [7, 11) is 0. The lowest BCUT2D eigenvalue weighted by Crippen LogP contribution is -2.43. The summed E-state index contributed by atoms with van der Waals surface area (Å²) < 4.78 is 13.7. The molecule has 6 nitrogen and oxygen atoms in total. The lowest BCUT2D eigenvalue weighted by atomic mass is 10.2. The van der Waals surface area contributed by atoms with Crippen LogP contribution in [0, 0.1) is 13.8 Å². The van der Waals surface area contributed by atoms with Gasteiger partial charge >= 0.3 is 0 Å². The van der Waals surface area contributed by atoms with Crippen molar-refractivity contribution < 1.29 is 19.1 Å². The maximum atomic E-state index is 13.5. The van der Waals surface area contributed by atoms with Crippen molar-refractivity contribution in [3.8, 4) is 11.5 Å². The molecule has 0 spiro atoms. The minimum absolute atomic E-state index is 0.103. The second-order valence-corrected chi connectivity index (χ2v) is 11.8. The molecule has 0 bridgehead atoms. The molecule has 0 aliphatic heterocycles. The van der Waals surface area contributed by atoms with Crippen LogP contribution in [0.25, 0.3) is 0 Å². The molecule has 0 saturated heterocycles. The van der Waals surface area contributed by atoms with Crippen LogP contribution in [0.2, 0.25) is 0 Å². The fourth-order valence-corrected chi connectivity index (χ4v) is 5.40. The van der Waals surface area contributed by atoms with Gasteiger partial charge in [0.15, 0.2) is 13.2 Å². The van der Waals surface area contributed by atoms with Gasteiger partial charge in [-0.25, -0.2) is 0 Å². The molecule has 0 N–H and O–H groups in total. The van der Waals surface area contributed by atoms with E-state index in [2.05, 4.69) is 31.9 Å². The average molecular weight is 694 g/mol. The van der Waals surface area contributed by atoms with Gasteiger partial charge in [0.05, 0.1) is 0 Å². The Hall–Kier alpha value is -3.62. The number of amides is 2. The van der Waals surface area contributed by atoms with Crippen LogP contribution in [0.3, 0.4) is 0 Å². The van der Waals surface area contributed by atoms with E-state index in [9.17, 15) is 9.59 Å². The molecule has 218 valence electrons. The highest BCUT2D eigenvalue weighted by Gasteiger charge is 2.21. The van der Waals surface area contributed by atoms with Crippen molar-refractivity contribution in [2.45, 2.75) is 26.9 Å². The first-order valence-corrected chi connectivity index (χ1v) is 15.3. The second kappa shape index (κ2) is 15.6. The molecule has 0 aliphatic carbocycles. The molecule has 2 amide bonds. The molecule has 0 radical (unpaired) electrons. The first-order chi connectivity index (χ1) is 20.3. The minimum Gasteiger partial charge on any atom is -0.483 e. The molecule has 4 aromatic rings. The molecule has 0 fully saturated rings. The fourth-order valence-electron chi connectivity index (χ4n) is 4.44. The first-order valence-electron chi connectivity index (χ1n) is 13.7. The number of nitrogens with zero attached hydrogens (tertiary/aromatic N) is 2. The third kappa shape index (κ3) is 9.46. The molecule has 42 heavy (non-hydrogen) atoms. The van der Waals surface area contributed by atoms with Crippen LogP contribution in [0.5, 0.6) is 11.5 Å². The number of hydrogen-bond acceptors (Lipinski definition) is 4. The summed E-state index contributed by atoms with van der Waals surface area (Å²) >= 11 is 6.93. The van der Waals surface area contributed by atoms with Gasteiger partial charge in [-0.3, -0.25) is 9.59 Å². The van der Waals surface area contributed by atoms with E-state index in [0.717, 1.165) is 31.2 Å². The third-order valence-electron chi connectivity index (χ3n) is 6.75. The average Bonchev–Trinajstić information content (AvgIpc) is 2.98. The number of carbonyl (C=O) groups is 2. The standard InChI is InChI=1S/C34H34Br2N2O4/c1-25-19-29(35)13-15-31(25)41-23-33(39)37(21-27-9-5-3-6-10-27)17-18-38(22-28-11-7-4-8-12-28)34(40)24-42-32-16-14-30(36)20-26(32)2/h3-16,19-20H,17-18,21-24H2,1-2H3. The fraction of sp³-hybridized carbons (Fsp3) is 0.235. The van der Waals surface area contributed by atoms with Gasteiger partial charge in [0, 0.05) is 35.1 Å². The van der Waals surface area contributed by atoms with Gasteiger partial charge in [-0.15, -0.1) is 0 Å². The van der Waals surface area contributed by atoms with Gasteiger partial charge in [-0.05, 0) is 72.5 Å². The largest absolute Gasteiger partial charge is 0.483 e. The van der Waals surface area contributed by atoms with Crippen molar-refractivity contribution in [2.75, 3.05) is 26.3 Å². The molecule has 0 atom stereocenters. The predicted octanol–water partition coefficient (Wildman–Crippen LogP) is 7.34. The Kier molecular flexibility index (Phi) is 11.6. The quantitative estimate of drug-likeness (QED) is 0.147. The molecule has 0 heterocycles. The van der Waals surface area contributed by atoms with Crippen LogP contribution >= 0.6 is 31.9 Å². The highest BCUT2D eigenvalue weighted by molar-refractivity contribution is 9.10. The summed E-state index contributed by atoms with van der Waals surface area (Å²) in [6.45, 7) is 5.17. The lowest BCUT2D eigenvalue weighted by molar-refractivity contribution is -0.138. The zero-order chi connectivity index (χ0) is 29.9. The number of benzene rings is 4. The zero-order valence-corrected chi connectivity index (χ0v) is 26.9. The van der Waals surface area contributed by atoms with Crippen LogP contribution in [0.1, 0.15) is 22.3 Å². The van der Waals surface area contributed by atoms with Crippen LogP contribution < -0.4 is 9.47 Å². The summed E-state index contributed by atoms with van der Waals surface area (Å²) in [6, 6.07) is 31.0. The van der Waals surface area contributed by atoms with Crippen LogP contribution in [0.15, 0.2) is 106 Å². The molecular weight excluding hydrogens is 660 g/mol. The molecule has 0 aromatic heterocycles. The first kappa shape index (κ1) is 31.3. The van der Waals surface area contributed by atoms with Gasteiger partial charge in [-0.2, -0.15) is 0 Å².